The van der Waals surface area contributed by atoms with Crippen LogP contribution in [0.3, 0.4) is 0 Å². The van der Waals surface area contributed by atoms with Gasteiger partial charge in [0.05, 0.1) is 21.0 Å². The molecule has 0 unspecified atom stereocenters. The lowest BCUT2D eigenvalue weighted by atomic mass is 10.2. The summed E-state index contributed by atoms with van der Waals surface area (Å²) in [5.74, 6) is -0.184. The molecule has 0 bridgehead atoms. The number of nitrogens with zero attached hydrogens (tertiary/aromatic N) is 1. The molecule has 1 aliphatic heterocycles. The third-order valence-electron chi connectivity index (χ3n) is 5.95. The first-order valence-corrected chi connectivity index (χ1v) is 16.0. The fraction of sp³-hybridized carbons (Fsp3) is 0.240. The number of nitrogens with one attached hydrogen (secondary N) is 2. The molecule has 2 N–H and O–H groups in total. The maximum Gasteiger partial charge on any atom is 0.261 e. The zero-order chi connectivity index (χ0) is 26.8. The Morgan fingerprint density at radius 2 is 1.41 bits per heavy atom. The molecule has 1 saturated heterocycles. The Morgan fingerprint density at radius 1 is 0.838 bits per heavy atom. The van der Waals surface area contributed by atoms with Crippen molar-refractivity contribution in [3.8, 4) is 0 Å². The third kappa shape index (κ3) is 6.23. The number of carbonyl (C=O) groups is 1. The van der Waals surface area contributed by atoms with E-state index in [0.717, 1.165) is 18.4 Å². The van der Waals surface area contributed by atoms with Crippen LogP contribution in [-0.4, -0.2) is 47.0 Å². The Morgan fingerprint density at radius 3 is 2.03 bits per heavy atom. The van der Waals surface area contributed by atoms with Crippen LogP contribution >= 0.6 is 23.4 Å². The molecule has 0 aliphatic carbocycles. The number of amides is 1. The maximum atomic E-state index is 13.1. The zero-order valence-electron chi connectivity index (χ0n) is 20.2. The summed E-state index contributed by atoms with van der Waals surface area (Å²) in [4.78, 5) is 15.3. The minimum absolute atomic E-state index is 0.0463. The van der Waals surface area contributed by atoms with Crippen molar-refractivity contribution in [2.75, 3.05) is 28.8 Å². The van der Waals surface area contributed by atoms with Crippen LogP contribution in [0.1, 0.15) is 28.8 Å². The van der Waals surface area contributed by atoms with Crippen molar-refractivity contribution in [1.82, 2.24) is 4.90 Å². The molecule has 0 atom stereocenters. The van der Waals surface area contributed by atoms with Crippen LogP contribution in [0.4, 0.5) is 11.4 Å². The summed E-state index contributed by atoms with van der Waals surface area (Å²) in [5.41, 5.74) is 1.66. The van der Waals surface area contributed by atoms with E-state index in [0.29, 0.717) is 34.3 Å². The normalized spacial score (nSPS) is 14.0. The third-order valence-corrected chi connectivity index (χ3v) is 9.92. The van der Waals surface area contributed by atoms with Gasteiger partial charge in [-0.15, -0.1) is 11.8 Å². The van der Waals surface area contributed by atoms with Gasteiger partial charge in [-0.1, -0.05) is 17.7 Å². The Kier molecular flexibility index (Phi) is 8.08. The molecule has 3 aromatic rings. The van der Waals surface area contributed by atoms with Crippen LogP contribution in [-0.2, 0) is 20.0 Å². The molecule has 1 fully saturated rings. The maximum absolute atomic E-state index is 13.1. The first kappa shape index (κ1) is 27.3. The monoisotopic (exact) mass is 579 g/mol. The van der Waals surface area contributed by atoms with Crippen molar-refractivity contribution in [3.63, 3.8) is 0 Å². The van der Waals surface area contributed by atoms with Gasteiger partial charge in [-0.05, 0) is 86.2 Å². The van der Waals surface area contributed by atoms with E-state index in [1.807, 2.05) is 13.2 Å². The molecule has 1 amide bonds. The van der Waals surface area contributed by atoms with Crippen molar-refractivity contribution < 1.29 is 21.6 Å². The zero-order valence-corrected chi connectivity index (χ0v) is 23.4. The van der Waals surface area contributed by atoms with Gasteiger partial charge in [0.15, 0.2) is 0 Å². The van der Waals surface area contributed by atoms with E-state index in [4.69, 9.17) is 11.6 Å². The topological polar surface area (TPSA) is 113 Å². The highest BCUT2D eigenvalue weighted by Gasteiger charge is 2.25. The van der Waals surface area contributed by atoms with Crippen molar-refractivity contribution in [2.45, 2.75) is 34.5 Å². The van der Waals surface area contributed by atoms with Crippen LogP contribution in [0, 0.1) is 6.92 Å². The molecule has 8 nitrogen and oxygen atoms in total. The van der Waals surface area contributed by atoms with Gasteiger partial charge in [0.1, 0.15) is 0 Å². The molecule has 4 rings (SSSR count). The largest absolute Gasteiger partial charge is 0.339 e. The number of thioether (sulfide) groups is 1. The van der Waals surface area contributed by atoms with Gasteiger partial charge >= 0.3 is 0 Å². The Hall–Kier alpha value is -2.73. The number of halogens is 1. The van der Waals surface area contributed by atoms with Crippen LogP contribution in [0.15, 0.2) is 75.4 Å². The molecule has 196 valence electrons. The Labute approximate surface area is 226 Å². The van der Waals surface area contributed by atoms with Gasteiger partial charge in [0.25, 0.3) is 26.0 Å². The first-order valence-electron chi connectivity index (χ1n) is 11.4. The molecule has 3 aromatic carbocycles. The highest BCUT2D eigenvalue weighted by molar-refractivity contribution is 7.98. The minimum atomic E-state index is -4.03. The van der Waals surface area contributed by atoms with E-state index >= 15 is 0 Å². The van der Waals surface area contributed by atoms with Crippen molar-refractivity contribution >= 4 is 60.7 Å². The molecule has 0 aromatic heterocycles. The lowest BCUT2D eigenvalue weighted by Crippen LogP contribution is -2.28. The van der Waals surface area contributed by atoms with E-state index in [-0.39, 0.29) is 21.4 Å². The number of hydrogen-bond acceptors (Lipinski definition) is 6. The van der Waals surface area contributed by atoms with Gasteiger partial charge in [-0.2, -0.15) is 0 Å². The summed E-state index contributed by atoms with van der Waals surface area (Å²) in [5, 5.41) is 0.431. The van der Waals surface area contributed by atoms with Crippen molar-refractivity contribution in [3.05, 3.63) is 76.8 Å². The van der Waals surface area contributed by atoms with Gasteiger partial charge in [-0.25, -0.2) is 16.8 Å². The molecule has 37 heavy (non-hydrogen) atoms. The van der Waals surface area contributed by atoms with Crippen molar-refractivity contribution in [1.29, 1.82) is 0 Å². The number of carbonyl (C=O) groups excluding carboxylic acids is 1. The SMILES string of the molecule is CSc1ccc(S(=O)(=O)Nc2ccc(S(=O)(=O)Nc3ccc(C)c(Cl)c3)cc2)cc1C(=O)N1CCCC1. The number of aryl methyl sites for hydroxylation is 1. The second kappa shape index (κ2) is 10.9. The van der Waals surface area contributed by atoms with E-state index in [1.165, 1.54) is 54.2 Å². The smallest absolute Gasteiger partial charge is 0.261 e. The molecular formula is C25H26ClN3O5S3. The quantitative estimate of drug-likeness (QED) is 0.354. The second-order valence-corrected chi connectivity index (χ2v) is 13.2. The molecular weight excluding hydrogens is 554 g/mol. The summed E-state index contributed by atoms with van der Waals surface area (Å²) in [6.45, 7) is 3.12. The van der Waals surface area contributed by atoms with E-state index in [2.05, 4.69) is 9.44 Å². The predicted octanol–water partition coefficient (Wildman–Crippen LogP) is 5.21. The molecule has 12 heteroatoms. The van der Waals surface area contributed by atoms with E-state index in [9.17, 15) is 21.6 Å². The summed E-state index contributed by atoms with van der Waals surface area (Å²) in [6.07, 6.45) is 3.69. The lowest BCUT2D eigenvalue weighted by molar-refractivity contribution is 0.0789. The number of hydrogen-bond donors (Lipinski definition) is 2. The number of rotatable bonds is 8. The highest BCUT2D eigenvalue weighted by Crippen LogP contribution is 2.28. The number of sulfonamides is 2. The number of anilines is 2. The fourth-order valence-electron chi connectivity index (χ4n) is 3.90. The molecule has 0 spiro atoms. The van der Waals surface area contributed by atoms with Gasteiger partial charge in [0.2, 0.25) is 0 Å². The Balaban J connectivity index is 1.53. The summed E-state index contributed by atoms with van der Waals surface area (Å²) in [7, 11) is -7.95. The minimum Gasteiger partial charge on any atom is -0.339 e. The molecule has 0 radical (unpaired) electrons. The predicted molar refractivity (Wildman–Crippen MR) is 148 cm³/mol. The summed E-state index contributed by atoms with van der Waals surface area (Å²) in [6, 6.07) is 14.6. The molecule has 1 aliphatic rings. The van der Waals surface area contributed by atoms with Crippen LogP contribution in [0.5, 0.6) is 0 Å². The molecule has 1 heterocycles. The average Bonchev–Trinajstić information content (AvgIpc) is 3.40. The van der Waals surface area contributed by atoms with Crippen LogP contribution < -0.4 is 9.44 Å². The first-order chi connectivity index (χ1) is 17.5. The van der Waals surface area contributed by atoms with E-state index in [1.54, 1.807) is 23.1 Å². The standard InChI is InChI=1S/C25H26ClN3O5S3/c1-17-5-6-19(15-23(17)26)28-36(31,32)20-9-7-18(8-10-20)27-37(33,34)21-11-12-24(35-2)22(16-21)25(30)29-13-3-4-14-29/h5-12,15-16,27-28H,3-4,13-14H2,1-2H3. The summed E-state index contributed by atoms with van der Waals surface area (Å²) >= 11 is 7.45. The van der Waals surface area contributed by atoms with E-state index < -0.39 is 20.0 Å². The Bertz CT molecular complexity index is 1540. The van der Waals surface area contributed by atoms with Crippen LogP contribution in [0.2, 0.25) is 5.02 Å². The lowest BCUT2D eigenvalue weighted by Gasteiger charge is -2.18. The van der Waals surface area contributed by atoms with Gasteiger partial charge in [0, 0.05) is 28.7 Å². The number of benzene rings is 3. The average molecular weight is 580 g/mol. The summed E-state index contributed by atoms with van der Waals surface area (Å²) < 4.78 is 56.6. The molecule has 0 saturated carbocycles. The fourth-order valence-corrected chi connectivity index (χ4v) is 6.78. The highest BCUT2D eigenvalue weighted by atomic mass is 35.5. The van der Waals surface area contributed by atoms with Gasteiger partial charge in [-0.3, -0.25) is 14.2 Å². The second-order valence-electron chi connectivity index (χ2n) is 8.56. The van der Waals surface area contributed by atoms with Crippen LogP contribution in [0.25, 0.3) is 0 Å². The van der Waals surface area contributed by atoms with Gasteiger partial charge < -0.3 is 4.90 Å². The van der Waals surface area contributed by atoms with Crippen molar-refractivity contribution in [2.24, 2.45) is 0 Å². The number of likely N-dealkylation sites (tertiary alicyclic amines) is 1.